The Labute approximate surface area is 192 Å². The van der Waals surface area contributed by atoms with Gasteiger partial charge in [0.25, 0.3) is 11.8 Å². The van der Waals surface area contributed by atoms with Gasteiger partial charge in [-0.05, 0) is 63.3 Å². The zero-order valence-electron chi connectivity index (χ0n) is 19.0. The van der Waals surface area contributed by atoms with E-state index in [2.05, 4.69) is 15.0 Å². The van der Waals surface area contributed by atoms with Gasteiger partial charge in [-0.3, -0.25) is 9.59 Å². The lowest BCUT2D eigenvalue weighted by atomic mass is 9.96. The number of fused-ring (bicyclic) bond motifs is 1. The quantitative estimate of drug-likeness (QED) is 0.656. The van der Waals surface area contributed by atoms with Gasteiger partial charge in [0.2, 0.25) is 0 Å². The molecule has 2 fully saturated rings. The lowest BCUT2D eigenvalue weighted by molar-refractivity contribution is 0.0698. The van der Waals surface area contributed by atoms with E-state index in [-0.39, 0.29) is 23.5 Å². The fourth-order valence-corrected chi connectivity index (χ4v) is 5.03. The van der Waals surface area contributed by atoms with Crippen LogP contribution in [0.3, 0.4) is 0 Å². The normalized spacial score (nSPS) is 18.8. The maximum atomic E-state index is 13.7. The molecule has 1 N–H and O–H groups in total. The molecule has 2 aliphatic rings. The molecule has 5 rings (SSSR count). The van der Waals surface area contributed by atoms with Crippen LogP contribution in [0.5, 0.6) is 0 Å². The molecule has 33 heavy (non-hydrogen) atoms. The molecule has 8 heteroatoms. The summed E-state index contributed by atoms with van der Waals surface area (Å²) in [5.74, 6) is 0.285. The first-order chi connectivity index (χ1) is 15.9. The molecule has 2 aliphatic heterocycles. The van der Waals surface area contributed by atoms with E-state index in [1.165, 1.54) is 12.1 Å². The van der Waals surface area contributed by atoms with Crippen molar-refractivity contribution in [2.24, 2.45) is 0 Å². The predicted octanol–water partition coefficient (Wildman–Crippen LogP) is 3.97. The van der Waals surface area contributed by atoms with Crippen LogP contribution in [-0.2, 0) is 0 Å². The Bertz CT molecular complexity index is 1230. The van der Waals surface area contributed by atoms with E-state index < -0.39 is 0 Å². The maximum absolute atomic E-state index is 13.7. The highest BCUT2D eigenvalue weighted by Gasteiger charge is 2.30. The molecular formula is C25H28FN5O2. The third kappa shape index (κ3) is 3.98. The van der Waals surface area contributed by atoms with Crippen LogP contribution in [0, 0.1) is 19.7 Å². The van der Waals surface area contributed by atoms with Crippen LogP contribution in [0.15, 0.2) is 24.4 Å². The predicted molar refractivity (Wildman–Crippen MR) is 123 cm³/mol. The number of aromatic amines is 1. The van der Waals surface area contributed by atoms with Crippen LogP contribution in [-0.4, -0.2) is 62.7 Å². The molecule has 0 saturated carbocycles. The maximum Gasteiger partial charge on any atom is 0.270 e. The van der Waals surface area contributed by atoms with E-state index in [4.69, 9.17) is 0 Å². The Kier molecular flexibility index (Phi) is 5.60. The fourth-order valence-electron chi connectivity index (χ4n) is 5.03. The van der Waals surface area contributed by atoms with Gasteiger partial charge in [-0.25, -0.2) is 14.4 Å². The minimum absolute atomic E-state index is 0.00252. The Hall–Kier alpha value is -3.29. The number of likely N-dealkylation sites (tertiary alicyclic amines) is 2. The zero-order valence-corrected chi connectivity index (χ0v) is 19.0. The Morgan fingerprint density at radius 3 is 2.58 bits per heavy atom. The van der Waals surface area contributed by atoms with Crippen LogP contribution in [0.2, 0.25) is 0 Å². The molecule has 1 atom stereocenters. The smallest absolute Gasteiger partial charge is 0.270 e. The second-order valence-electron chi connectivity index (χ2n) is 9.13. The van der Waals surface area contributed by atoms with Gasteiger partial charge >= 0.3 is 0 Å². The van der Waals surface area contributed by atoms with E-state index in [9.17, 15) is 14.0 Å². The van der Waals surface area contributed by atoms with Gasteiger partial charge < -0.3 is 14.8 Å². The molecule has 1 aromatic carbocycles. The van der Waals surface area contributed by atoms with Crippen molar-refractivity contribution in [1.82, 2.24) is 24.8 Å². The summed E-state index contributed by atoms with van der Waals surface area (Å²) in [5, 5.41) is 0.726. The highest BCUT2D eigenvalue weighted by molar-refractivity contribution is 6.01. The van der Waals surface area contributed by atoms with Crippen molar-refractivity contribution < 1.29 is 14.0 Å². The van der Waals surface area contributed by atoms with E-state index in [1.54, 1.807) is 12.3 Å². The molecule has 2 aromatic heterocycles. The van der Waals surface area contributed by atoms with Crippen LogP contribution >= 0.6 is 0 Å². The number of amides is 2. The number of halogens is 1. The van der Waals surface area contributed by atoms with Crippen LogP contribution < -0.4 is 0 Å². The van der Waals surface area contributed by atoms with Gasteiger partial charge in [-0.15, -0.1) is 0 Å². The average Bonchev–Trinajstić information content (AvgIpc) is 3.47. The van der Waals surface area contributed by atoms with Gasteiger partial charge in [0, 0.05) is 49.2 Å². The number of carbonyl (C=O) groups is 2. The summed E-state index contributed by atoms with van der Waals surface area (Å²) < 4.78 is 13.7. The topological polar surface area (TPSA) is 82.2 Å². The Morgan fingerprint density at radius 2 is 1.82 bits per heavy atom. The summed E-state index contributed by atoms with van der Waals surface area (Å²) in [6, 6.07) is 4.51. The molecule has 0 aliphatic carbocycles. The third-order valence-electron chi connectivity index (χ3n) is 6.93. The molecule has 0 bridgehead atoms. The van der Waals surface area contributed by atoms with E-state index in [1.807, 2.05) is 23.6 Å². The molecule has 0 spiro atoms. The fraction of sp³-hybridized carbons (Fsp3) is 0.440. The summed E-state index contributed by atoms with van der Waals surface area (Å²) in [4.78, 5) is 42.1. The average molecular weight is 450 g/mol. The number of aromatic nitrogens is 3. The summed E-state index contributed by atoms with van der Waals surface area (Å²) in [6.45, 7) is 6.45. The first kappa shape index (κ1) is 21.6. The monoisotopic (exact) mass is 449 g/mol. The second kappa shape index (κ2) is 8.57. The SMILES string of the molecule is Cc1nc(C2CCCN(C(=O)c3[nH]c4ccc(F)cc4c3C)C2)ncc1C(=O)N1CCCC1. The van der Waals surface area contributed by atoms with Crippen LogP contribution in [0.25, 0.3) is 10.9 Å². The molecule has 2 amide bonds. The van der Waals surface area contributed by atoms with E-state index >= 15 is 0 Å². The minimum Gasteiger partial charge on any atom is -0.350 e. The number of rotatable bonds is 3. The Balaban J connectivity index is 1.34. The van der Waals surface area contributed by atoms with Crippen molar-refractivity contribution in [2.45, 2.75) is 45.4 Å². The first-order valence-corrected chi connectivity index (χ1v) is 11.6. The number of carbonyl (C=O) groups excluding carboxylic acids is 2. The van der Waals surface area contributed by atoms with Gasteiger partial charge in [-0.2, -0.15) is 0 Å². The molecule has 7 nitrogen and oxygen atoms in total. The molecule has 1 unspecified atom stereocenters. The summed E-state index contributed by atoms with van der Waals surface area (Å²) in [5.41, 5.74) is 3.26. The summed E-state index contributed by atoms with van der Waals surface area (Å²) in [6.07, 6.45) is 5.47. The molecule has 4 heterocycles. The van der Waals surface area contributed by atoms with Crippen molar-refractivity contribution in [3.8, 4) is 0 Å². The minimum atomic E-state index is -0.319. The van der Waals surface area contributed by atoms with Crippen molar-refractivity contribution in [2.75, 3.05) is 26.2 Å². The van der Waals surface area contributed by atoms with E-state index in [0.29, 0.717) is 35.9 Å². The van der Waals surface area contributed by atoms with Gasteiger partial charge in [0.15, 0.2) is 0 Å². The molecule has 2 saturated heterocycles. The van der Waals surface area contributed by atoms with Crippen molar-refractivity contribution >= 4 is 22.7 Å². The molecule has 3 aromatic rings. The standard InChI is InChI=1S/C25H28FN5O2/c1-15-19-12-18(26)7-8-21(19)29-22(15)25(33)31-11-5-6-17(14-31)23-27-13-20(16(2)28-23)24(32)30-9-3-4-10-30/h7-8,12-13,17,29H,3-6,9-11,14H2,1-2H3. The van der Waals surface area contributed by atoms with Crippen molar-refractivity contribution in [1.29, 1.82) is 0 Å². The highest BCUT2D eigenvalue weighted by Crippen LogP contribution is 2.29. The Morgan fingerprint density at radius 1 is 1.06 bits per heavy atom. The summed E-state index contributed by atoms with van der Waals surface area (Å²) >= 11 is 0. The number of nitrogens with one attached hydrogen (secondary N) is 1. The number of hydrogen-bond donors (Lipinski definition) is 1. The van der Waals surface area contributed by atoms with Crippen LogP contribution in [0.4, 0.5) is 4.39 Å². The number of H-pyrrole nitrogens is 1. The van der Waals surface area contributed by atoms with Gasteiger partial charge in [0.05, 0.1) is 11.3 Å². The zero-order chi connectivity index (χ0) is 23.1. The van der Waals surface area contributed by atoms with E-state index in [0.717, 1.165) is 55.2 Å². The third-order valence-corrected chi connectivity index (χ3v) is 6.93. The van der Waals surface area contributed by atoms with Gasteiger partial charge in [0.1, 0.15) is 17.3 Å². The molecular weight excluding hydrogens is 421 g/mol. The number of hydrogen-bond acceptors (Lipinski definition) is 4. The largest absolute Gasteiger partial charge is 0.350 e. The molecule has 0 radical (unpaired) electrons. The number of piperidine rings is 1. The number of benzene rings is 1. The van der Waals surface area contributed by atoms with Crippen molar-refractivity contribution in [3.63, 3.8) is 0 Å². The van der Waals surface area contributed by atoms with Gasteiger partial charge in [-0.1, -0.05) is 0 Å². The van der Waals surface area contributed by atoms with Crippen LogP contribution in [0.1, 0.15) is 69.5 Å². The first-order valence-electron chi connectivity index (χ1n) is 11.6. The van der Waals surface area contributed by atoms with Crippen molar-refractivity contribution in [3.05, 3.63) is 58.6 Å². The lowest BCUT2D eigenvalue weighted by Gasteiger charge is -2.32. The second-order valence-corrected chi connectivity index (χ2v) is 9.13. The lowest BCUT2D eigenvalue weighted by Crippen LogP contribution is -2.40. The highest BCUT2D eigenvalue weighted by atomic mass is 19.1. The molecule has 172 valence electrons. The summed E-state index contributed by atoms with van der Waals surface area (Å²) in [7, 11) is 0. The number of nitrogens with zero attached hydrogens (tertiary/aromatic N) is 4. The number of aryl methyl sites for hydroxylation is 2.